The molecule has 6 heterocycles. The lowest BCUT2D eigenvalue weighted by Crippen LogP contribution is -2.37. The van der Waals surface area contributed by atoms with Gasteiger partial charge in [0, 0.05) is 0 Å². The highest BCUT2D eigenvalue weighted by atomic mass is 79.9. The second-order valence-corrected chi connectivity index (χ2v) is 11.1. The molecule has 6 aliphatic heterocycles. The van der Waals surface area contributed by atoms with E-state index in [9.17, 15) is 24.0 Å². The molecular weight excluding hydrogens is 576 g/mol. The molecule has 0 saturated carbocycles. The quantitative estimate of drug-likeness (QED) is 0.231. The number of hydrogen-bond acceptors (Lipinski definition) is 9. The van der Waals surface area contributed by atoms with Gasteiger partial charge in [-0.1, -0.05) is 24.3 Å². The van der Waals surface area contributed by atoms with Crippen molar-refractivity contribution in [1.82, 2.24) is 9.80 Å². The molecular formula is C27H23BrN2O9. The van der Waals surface area contributed by atoms with Crippen LogP contribution in [0.1, 0.15) is 10.4 Å². The third kappa shape index (κ3) is 3.65. The van der Waals surface area contributed by atoms with Gasteiger partial charge in [0.05, 0.1) is 71.2 Å². The molecule has 1 aromatic rings. The van der Waals surface area contributed by atoms with Crippen LogP contribution < -0.4 is 9.47 Å². The molecule has 0 radical (unpaired) electrons. The molecule has 1 aromatic carbocycles. The summed E-state index contributed by atoms with van der Waals surface area (Å²) in [5, 5.41) is 0. The Kier molecular flexibility index (Phi) is 5.76. The van der Waals surface area contributed by atoms with Gasteiger partial charge in [-0.05, 0) is 28.1 Å². The Morgan fingerprint density at radius 3 is 1.51 bits per heavy atom. The van der Waals surface area contributed by atoms with Crippen LogP contribution >= 0.6 is 15.9 Å². The highest BCUT2D eigenvalue weighted by molar-refractivity contribution is 9.10. The maximum absolute atomic E-state index is 12.8. The second-order valence-electron chi connectivity index (χ2n) is 10.3. The van der Waals surface area contributed by atoms with E-state index in [4.69, 9.17) is 18.9 Å². The Morgan fingerprint density at radius 2 is 1.10 bits per heavy atom. The normalized spacial score (nSPS) is 35.0. The van der Waals surface area contributed by atoms with E-state index in [2.05, 4.69) is 15.9 Å². The highest BCUT2D eigenvalue weighted by Gasteiger charge is 2.61. The summed E-state index contributed by atoms with van der Waals surface area (Å²) in [6, 6.07) is 3.06. The number of rotatable bonds is 9. The van der Waals surface area contributed by atoms with E-state index in [1.54, 1.807) is 6.07 Å². The van der Waals surface area contributed by atoms with E-state index in [1.807, 2.05) is 24.3 Å². The summed E-state index contributed by atoms with van der Waals surface area (Å²) in [5.74, 6) is -2.32. The molecule has 39 heavy (non-hydrogen) atoms. The van der Waals surface area contributed by atoms with Crippen LogP contribution in [0.3, 0.4) is 0 Å². The van der Waals surface area contributed by atoms with Crippen molar-refractivity contribution in [3.05, 3.63) is 46.5 Å². The zero-order valence-electron chi connectivity index (χ0n) is 20.4. The first-order valence-corrected chi connectivity index (χ1v) is 13.6. The van der Waals surface area contributed by atoms with Crippen molar-refractivity contribution in [2.24, 2.45) is 23.7 Å². The van der Waals surface area contributed by atoms with Crippen molar-refractivity contribution in [2.75, 3.05) is 26.3 Å². The fourth-order valence-corrected chi connectivity index (χ4v) is 6.98. The van der Waals surface area contributed by atoms with Crippen molar-refractivity contribution >= 4 is 45.8 Å². The molecule has 8 atom stereocenters. The number of fused-ring (bicyclic) bond motifs is 10. The third-order valence-electron chi connectivity index (χ3n) is 8.34. The van der Waals surface area contributed by atoms with Gasteiger partial charge in [0.15, 0.2) is 6.29 Å². The number of benzene rings is 1. The van der Waals surface area contributed by atoms with E-state index in [1.165, 1.54) is 15.9 Å². The fourth-order valence-electron chi connectivity index (χ4n) is 6.54. The predicted octanol–water partition coefficient (Wildman–Crippen LogP) is 0.896. The van der Waals surface area contributed by atoms with Crippen molar-refractivity contribution in [1.29, 1.82) is 0 Å². The van der Waals surface area contributed by atoms with Gasteiger partial charge in [-0.2, -0.15) is 0 Å². The molecule has 202 valence electrons. The van der Waals surface area contributed by atoms with Gasteiger partial charge in [0.2, 0.25) is 23.6 Å². The average Bonchev–Trinajstić information content (AvgIpc) is 3.77. The maximum atomic E-state index is 12.8. The summed E-state index contributed by atoms with van der Waals surface area (Å²) in [7, 11) is 0. The minimum Gasteiger partial charge on any atom is -0.491 e. The Bertz CT molecular complexity index is 1310. The largest absolute Gasteiger partial charge is 0.491 e. The molecule has 7 rings (SSSR count). The minimum atomic E-state index is -0.477. The molecule has 4 saturated heterocycles. The van der Waals surface area contributed by atoms with Crippen LogP contribution in [0.15, 0.2) is 40.9 Å². The first-order chi connectivity index (χ1) is 18.9. The van der Waals surface area contributed by atoms with Crippen LogP contribution in [0, 0.1) is 23.7 Å². The van der Waals surface area contributed by atoms with E-state index < -0.39 is 23.7 Å². The van der Waals surface area contributed by atoms with E-state index in [0.717, 1.165) is 0 Å². The summed E-state index contributed by atoms with van der Waals surface area (Å²) >= 11 is 3.41. The Balaban J connectivity index is 0.952. The van der Waals surface area contributed by atoms with Gasteiger partial charge in [0.25, 0.3) is 0 Å². The number of carbonyl (C=O) groups is 5. The monoisotopic (exact) mass is 598 g/mol. The number of nitrogens with zero attached hydrogens (tertiary/aromatic N) is 2. The molecule has 4 amide bonds. The van der Waals surface area contributed by atoms with Crippen LogP contribution in [0.5, 0.6) is 11.5 Å². The number of imide groups is 2. The Morgan fingerprint density at radius 1 is 0.692 bits per heavy atom. The molecule has 0 spiro atoms. The van der Waals surface area contributed by atoms with Gasteiger partial charge < -0.3 is 18.9 Å². The first kappa shape index (κ1) is 24.7. The lowest BCUT2D eigenvalue weighted by molar-refractivity contribution is -0.144. The lowest BCUT2D eigenvalue weighted by atomic mass is 9.85. The third-order valence-corrected chi connectivity index (χ3v) is 8.96. The zero-order chi connectivity index (χ0) is 27.0. The first-order valence-electron chi connectivity index (χ1n) is 12.8. The summed E-state index contributed by atoms with van der Waals surface area (Å²) in [6.45, 7) is 0.184. The van der Waals surface area contributed by atoms with Gasteiger partial charge in [0.1, 0.15) is 24.7 Å². The minimum absolute atomic E-state index is 0.0100. The van der Waals surface area contributed by atoms with Gasteiger partial charge in [-0.3, -0.25) is 33.8 Å². The zero-order valence-corrected chi connectivity index (χ0v) is 22.0. The second kappa shape index (κ2) is 9.10. The van der Waals surface area contributed by atoms with Crippen molar-refractivity contribution in [3.63, 3.8) is 0 Å². The maximum Gasteiger partial charge on any atom is 0.236 e. The number of ether oxygens (including phenoxy) is 4. The number of aldehydes is 1. The number of carbonyl (C=O) groups excluding carboxylic acids is 5. The molecule has 0 aliphatic carbocycles. The summed E-state index contributed by atoms with van der Waals surface area (Å²) in [4.78, 5) is 65.3. The average molecular weight is 599 g/mol. The van der Waals surface area contributed by atoms with Gasteiger partial charge >= 0.3 is 0 Å². The molecule has 0 N–H and O–H groups in total. The summed E-state index contributed by atoms with van der Waals surface area (Å²) in [6.07, 6.45) is 6.55. The predicted molar refractivity (Wildman–Crippen MR) is 134 cm³/mol. The molecule has 4 bridgehead atoms. The number of halogens is 1. The molecule has 4 fully saturated rings. The standard InChI is InChI=1S/C27H23BrN2O9/c28-13-10-18(36-7-5-29-24(32)20-14-1-2-15(38-14)21(20)25(29)33)12(11-31)9-19(13)37-8-6-30-26(34)22-16-3-4-17(39-16)23(22)27(30)35/h1-4,9-11,14-17,20-23H,5-8H2/t14-,15+,16-,17+,20-,21+,22-,23+. The molecule has 6 aliphatic rings. The van der Waals surface area contributed by atoms with E-state index >= 15 is 0 Å². The van der Waals surface area contributed by atoms with Crippen LogP contribution in [-0.4, -0.2) is 90.4 Å². The Labute approximate surface area is 230 Å². The van der Waals surface area contributed by atoms with Crippen molar-refractivity contribution in [3.8, 4) is 11.5 Å². The highest BCUT2D eigenvalue weighted by Crippen LogP contribution is 2.46. The molecule has 0 unspecified atom stereocenters. The summed E-state index contributed by atoms with van der Waals surface area (Å²) < 4.78 is 23.4. The molecule has 0 aromatic heterocycles. The summed E-state index contributed by atoms with van der Waals surface area (Å²) in [5.41, 5.74) is 0.211. The molecule has 11 nitrogen and oxygen atoms in total. The molecule has 12 heteroatoms. The number of amides is 4. The topological polar surface area (TPSA) is 129 Å². The van der Waals surface area contributed by atoms with E-state index in [-0.39, 0.29) is 85.7 Å². The Hall–Kier alpha value is -3.35. The van der Waals surface area contributed by atoms with Crippen LogP contribution in [0.4, 0.5) is 0 Å². The van der Waals surface area contributed by atoms with Gasteiger partial charge in [-0.15, -0.1) is 0 Å². The van der Waals surface area contributed by atoms with E-state index in [0.29, 0.717) is 16.5 Å². The van der Waals surface area contributed by atoms with Crippen LogP contribution in [-0.2, 0) is 28.7 Å². The van der Waals surface area contributed by atoms with Crippen LogP contribution in [0.25, 0.3) is 0 Å². The number of likely N-dealkylation sites (tertiary alicyclic amines) is 2. The van der Waals surface area contributed by atoms with Gasteiger partial charge in [-0.25, -0.2) is 0 Å². The van der Waals surface area contributed by atoms with Crippen molar-refractivity contribution in [2.45, 2.75) is 24.4 Å². The fraction of sp³-hybridized carbons (Fsp3) is 0.444. The SMILES string of the molecule is O=Cc1cc(OCCN2C(=O)[C@@H]3[C@H](C2=O)[C@H]2C=C[C@@H]3O2)c(Br)cc1OCCN1C(=O)[C@@H]2[C@H](C1=O)[C@H]1C=C[C@@H]2O1. The lowest BCUT2D eigenvalue weighted by Gasteiger charge is -2.19. The smallest absolute Gasteiger partial charge is 0.236 e. The van der Waals surface area contributed by atoms with Crippen LogP contribution in [0.2, 0.25) is 0 Å². The van der Waals surface area contributed by atoms with Crippen molar-refractivity contribution < 1.29 is 42.9 Å². The number of hydrogen-bond donors (Lipinski definition) is 0.